The summed E-state index contributed by atoms with van der Waals surface area (Å²) in [6.45, 7) is 1.49. The van der Waals surface area contributed by atoms with Gasteiger partial charge in [-0.25, -0.2) is 0 Å². The van der Waals surface area contributed by atoms with Gasteiger partial charge in [0, 0.05) is 18.0 Å². The van der Waals surface area contributed by atoms with Crippen molar-refractivity contribution in [2.24, 2.45) is 5.11 Å². The van der Waals surface area contributed by atoms with Gasteiger partial charge in [0.05, 0.1) is 12.6 Å². The average Bonchev–Trinajstić information content (AvgIpc) is 2.19. The van der Waals surface area contributed by atoms with E-state index in [1.165, 1.54) is 0 Å². The minimum Gasteiger partial charge on any atom is -0.392 e. The third-order valence-corrected chi connectivity index (χ3v) is 2.84. The quantitative estimate of drug-likeness (QED) is 0.283. The second-order valence-corrected chi connectivity index (χ2v) is 4.67. The maximum absolute atomic E-state index is 10.9. The highest BCUT2D eigenvalue weighted by Crippen LogP contribution is 2.03. The number of aliphatic hydroxyl groups excluding tert-OH is 1. The lowest BCUT2D eigenvalue weighted by atomic mass is 10.3. The van der Waals surface area contributed by atoms with Gasteiger partial charge in [-0.1, -0.05) is 18.5 Å². The maximum atomic E-state index is 10.9. The Morgan fingerprint density at radius 1 is 1.56 bits per heavy atom. The molecule has 0 rings (SSSR count). The number of hydrogen-bond acceptors (Lipinski definition) is 4. The summed E-state index contributed by atoms with van der Waals surface area (Å²) in [5.74, 6) is 0. The van der Waals surface area contributed by atoms with Crippen molar-refractivity contribution >= 4 is 10.3 Å². The van der Waals surface area contributed by atoms with Gasteiger partial charge in [0.1, 0.15) is 0 Å². The molecule has 0 aliphatic rings. The zero-order chi connectivity index (χ0) is 12.6. The van der Waals surface area contributed by atoms with Crippen molar-refractivity contribution in [3.8, 4) is 0 Å². The second-order valence-electron chi connectivity index (χ2n) is 3.26. The highest BCUT2D eigenvalue weighted by atomic mass is 32.2. The fraction of sp³-hybridized carbons (Fsp3) is 1.00. The van der Waals surface area contributed by atoms with Crippen molar-refractivity contribution < 1.29 is 18.1 Å². The normalized spacial score (nSPS) is 13.5. The Labute approximate surface area is 94.4 Å². The lowest BCUT2D eigenvalue weighted by Crippen LogP contribution is -2.38. The van der Waals surface area contributed by atoms with E-state index < -0.39 is 16.4 Å². The fourth-order valence-electron chi connectivity index (χ4n) is 1.06. The molecule has 1 unspecified atom stereocenters. The molecule has 16 heavy (non-hydrogen) atoms. The van der Waals surface area contributed by atoms with E-state index in [0.717, 1.165) is 10.7 Å². The van der Waals surface area contributed by atoms with Crippen LogP contribution in [0.2, 0.25) is 0 Å². The molecule has 2 N–H and O–H groups in total. The Morgan fingerprint density at radius 3 is 2.62 bits per heavy atom. The molecule has 1 atom stereocenters. The van der Waals surface area contributed by atoms with Crippen LogP contribution >= 0.6 is 0 Å². The van der Waals surface area contributed by atoms with Crippen molar-refractivity contribution in [2.45, 2.75) is 25.9 Å². The number of rotatable bonds is 8. The van der Waals surface area contributed by atoms with Gasteiger partial charge in [0.15, 0.2) is 0 Å². The van der Waals surface area contributed by atoms with Crippen LogP contribution in [0.15, 0.2) is 5.11 Å². The number of azide groups is 1. The lowest BCUT2D eigenvalue weighted by Gasteiger charge is -2.20. The van der Waals surface area contributed by atoms with Crippen molar-refractivity contribution in [1.29, 1.82) is 0 Å². The van der Waals surface area contributed by atoms with Gasteiger partial charge in [0.25, 0.3) is 0 Å². The van der Waals surface area contributed by atoms with Crippen molar-refractivity contribution in [2.75, 3.05) is 19.6 Å². The Kier molecular flexibility index (Phi) is 7.02. The van der Waals surface area contributed by atoms with Crippen LogP contribution in [0, 0.1) is 0 Å². The molecular formula is C7H16N4O4S. The van der Waals surface area contributed by atoms with Crippen molar-refractivity contribution in [3.63, 3.8) is 0 Å². The predicted molar refractivity (Wildman–Crippen MR) is 58.0 cm³/mol. The molecule has 0 aromatic heterocycles. The zero-order valence-electron chi connectivity index (χ0n) is 9.02. The van der Waals surface area contributed by atoms with Crippen molar-refractivity contribution in [3.05, 3.63) is 10.4 Å². The number of nitrogens with zero attached hydrogens (tertiary/aromatic N) is 4. The first-order valence-electron chi connectivity index (χ1n) is 4.83. The summed E-state index contributed by atoms with van der Waals surface area (Å²) in [6.07, 6.45) is 0.224. The van der Waals surface area contributed by atoms with Crippen LogP contribution in [0.3, 0.4) is 0 Å². The first-order chi connectivity index (χ1) is 7.41. The first kappa shape index (κ1) is 15.1. The largest absolute Gasteiger partial charge is 0.392 e. The van der Waals surface area contributed by atoms with E-state index >= 15 is 0 Å². The third-order valence-electron chi connectivity index (χ3n) is 1.86. The lowest BCUT2D eigenvalue weighted by molar-refractivity contribution is 0.148. The monoisotopic (exact) mass is 252 g/mol. The van der Waals surface area contributed by atoms with Gasteiger partial charge in [-0.3, -0.25) is 4.55 Å². The third kappa shape index (κ3) is 6.59. The molecule has 0 fully saturated rings. The molecular weight excluding hydrogens is 236 g/mol. The smallest absolute Gasteiger partial charge is 0.335 e. The van der Waals surface area contributed by atoms with E-state index in [0.29, 0.717) is 6.42 Å². The summed E-state index contributed by atoms with van der Waals surface area (Å²) in [6, 6.07) is 0. The molecule has 0 aliphatic heterocycles. The first-order valence-corrected chi connectivity index (χ1v) is 6.23. The SMILES string of the molecule is CCCCN(CC(O)CN=[N+]=[N-])S(=O)(=O)O. The zero-order valence-corrected chi connectivity index (χ0v) is 9.84. The van der Waals surface area contributed by atoms with Gasteiger partial charge < -0.3 is 5.11 Å². The topological polar surface area (TPSA) is 127 Å². The molecule has 0 aromatic carbocycles. The maximum Gasteiger partial charge on any atom is 0.335 e. The van der Waals surface area contributed by atoms with Crippen LogP contribution in [0.4, 0.5) is 0 Å². The summed E-state index contributed by atoms with van der Waals surface area (Å²) < 4.78 is 31.4. The van der Waals surface area contributed by atoms with Gasteiger partial charge in [0.2, 0.25) is 0 Å². The van der Waals surface area contributed by atoms with Crippen molar-refractivity contribution in [1.82, 2.24) is 4.31 Å². The van der Waals surface area contributed by atoms with Crippen LogP contribution < -0.4 is 0 Å². The number of aliphatic hydroxyl groups is 1. The van der Waals surface area contributed by atoms with Gasteiger partial charge >= 0.3 is 10.3 Å². The van der Waals surface area contributed by atoms with Gasteiger partial charge in [-0.05, 0) is 12.0 Å². The summed E-state index contributed by atoms with van der Waals surface area (Å²) in [5, 5.41) is 12.4. The Morgan fingerprint density at radius 2 is 2.19 bits per heavy atom. The average molecular weight is 252 g/mol. The molecule has 0 saturated carbocycles. The Balaban J connectivity index is 4.36. The van der Waals surface area contributed by atoms with Gasteiger partial charge in [-0.2, -0.15) is 12.7 Å². The standard InChI is InChI=1S/C7H16N4O4S/c1-2-3-4-11(16(13,14)15)6-7(12)5-9-10-8/h7,12H,2-6H2,1H3,(H,13,14,15). The van der Waals surface area contributed by atoms with Crippen LogP contribution in [0.5, 0.6) is 0 Å². The molecule has 0 saturated heterocycles. The van der Waals surface area contributed by atoms with E-state index in [4.69, 9.17) is 10.1 Å². The number of unbranched alkanes of at least 4 members (excludes halogenated alkanes) is 1. The van der Waals surface area contributed by atoms with E-state index in [1.807, 2.05) is 6.92 Å². The molecule has 0 aromatic rings. The number of hydrogen-bond donors (Lipinski definition) is 2. The van der Waals surface area contributed by atoms with Gasteiger partial charge in [-0.15, -0.1) is 0 Å². The van der Waals surface area contributed by atoms with E-state index in [9.17, 15) is 13.5 Å². The highest BCUT2D eigenvalue weighted by molar-refractivity contribution is 7.83. The molecule has 94 valence electrons. The summed E-state index contributed by atoms with van der Waals surface area (Å²) in [4.78, 5) is 2.44. The predicted octanol–water partition coefficient (Wildman–Crippen LogP) is 0.562. The summed E-state index contributed by atoms with van der Waals surface area (Å²) >= 11 is 0. The van der Waals surface area contributed by atoms with Crippen LogP contribution in [0.1, 0.15) is 19.8 Å². The Hall–Kier alpha value is -0.860. The fourth-order valence-corrected chi connectivity index (χ4v) is 1.78. The van der Waals surface area contributed by atoms with E-state index in [-0.39, 0.29) is 19.6 Å². The molecule has 0 bridgehead atoms. The van der Waals surface area contributed by atoms with Crippen LogP contribution in [-0.4, -0.2) is 48.1 Å². The highest BCUT2D eigenvalue weighted by Gasteiger charge is 2.21. The Bertz CT molecular complexity index is 338. The summed E-state index contributed by atoms with van der Waals surface area (Å²) in [5.41, 5.74) is 8.02. The van der Waals surface area contributed by atoms with Crippen LogP contribution in [-0.2, 0) is 10.3 Å². The second kappa shape index (κ2) is 7.42. The van der Waals surface area contributed by atoms with E-state index in [2.05, 4.69) is 10.0 Å². The minimum absolute atomic E-state index is 0.128. The summed E-state index contributed by atoms with van der Waals surface area (Å²) in [7, 11) is -4.32. The molecule has 0 spiro atoms. The molecule has 8 nitrogen and oxygen atoms in total. The van der Waals surface area contributed by atoms with Crippen LogP contribution in [0.25, 0.3) is 10.4 Å². The molecule has 0 radical (unpaired) electrons. The molecule has 0 amide bonds. The molecule has 0 aliphatic carbocycles. The minimum atomic E-state index is -4.32. The molecule has 0 heterocycles. The molecule has 9 heteroatoms. The van der Waals surface area contributed by atoms with E-state index in [1.54, 1.807) is 0 Å².